The van der Waals surface area contributed by atoms with Gasteiger partial charge in [-0.2, -0.15) is 8.78 Å². The van der Waals surface area contributed by atoms with Crippen LogP contribution >= 0.6 is 0 Å². The minimum Gasteiger partial charge on any atom is -0.477 e. The lowest BCUT2D eigenvalue weighted by Crippen LogP contribution is -2.22. The Kier molecular flexibility index (Phi) is 5.44. The molecular weight excluding hydrogens is 360 g/mol. The zero-order valence-corrected chi connectivity index (χ0v) is 13.5. The van der Waals surface area contributed by atoms with E-state index in [2.05, 4.69) is 10.1 Å². The Labute approximate surface area is 144 Å². The molecule has 138 valence electrons. The second-order valence-electron chi connectivity index (χ2n) is 5.34. The molecular formula is C16H12F4N2O4. The highest BCUT2D eigenvalue weighted by Crippen LogP contribution is 2.29. The minimum absolute atomic E-state index is 0.00393. The number of aryl methyl sites for hydroxylation is 2. The van der Waals surface area contributed by atoms with Crippen molar-refractivity contribution in [1.29, 1.82) is 0 Å². The molecule has 6 nitrogen and oxygen atoms in total. The lowest BCUT2D eigenvalue weighted by atomic mass is 10.1. The second kappa shape index (κ2) is 7.38. The first-order valence-electron chi connectivity index (χ1n) is 7.13. The fourth-order valence-corrected chi connectivity index (χ4v) is 2.05. The first-order valence-corrected chi connectivity index (χ1v) is 7.13. The molecule has 2 rings (SSSR count). The van der Waals surface area contributed by atoms with E-state index in [1.54, 1.807) is 13.8 Å². The predicted octanol–water partition coefficient (Wildman–Crippen LogP) is 3.79. The zero-order chi connectivity index (χ0) is 19.6. The van der Waals surface area contributed by atoms with Crippen LogP contribution in [0.25, 0.3) is 0 Å². The fraction of sp³-hybridized carbons (Fsp3) is 0.188. The van der Waals surface area contributed by atoms with Crippen molar-refractivity contribution < 1.29 is 32.0 Å². The first-order chi connectivity index (χ1) is 12.1. The Bertz CT molecular complexity index is 876. The van der Waals surface area contributed by atoms with Crippen LogP contribution in [-0.4, -0.2) is 17.4 Å². The molecule has 0 radical (unpaired) electrons. The molecule has 10 heteroatoms. The average molecular weight is 372 g/mol. The van der Waals surface area contributed by atoms with Crippen LogP contribution in [0, 0.1) is 47.2 Å². The number of benzene rings is 2. The predicted molar refractivity (Wildman–Crippen MR) is 83.0 cm³/mol. The van der Waals surface area contributed by atoms with E-state index in [1.807, 2.05) is 0 Å². The molecule has 0 saturated carbocycles. The number of carbonyl (C=O) groups excluding carboxylic acids is 1. The Morgan fingerprint density at radius 1 is 1.08 bits per heavy atom. The van der Waals surface area contributed by atoms with E-state index in [-0.39, 0.29) is 11.8 Å². The number of nitrogens with zero attached hydrogens (tertiary/aromatic N) is 1. The Morgan fingerprint density at radius 2 is 1.62 bits per heavy atom. The van der Waals surface area contributed by atoms with Gasteiger partial charge >= 0.3 is 0 Å². The summed E-state index contributed by atoms with van der Waals surface area (Å²) < 4.78 is 57.6. The van der Waals surface area contributed by atoms with Crippen molar-refractivity contribution in [3.63, 3.8) is 0 Å². The Hall–Kier alpha value is -3.17. The zero-order valence-electron chi connectivity index (χ0n) is 13.5. The molecule has 0 spiro atoms. The second-order valence-corrected chi connectivity index (χ2v) is 5.34. The fourth-order valence-electron chi connectivity index (χ4n) is 2.05. The van der Waals surface area contributed by atoms with Crippen LogP contribution in [0.1, 0.15) is 11.1 Å². The number of hydrogen-bond acceptors (Lipinski definition) is 4. The molecule has 0 unspecified atom stereocenters. The molecule has 2 aromatic carbocycles. The van der Waals surface area contributed by atoms with Gasteiger partial charge in [-0.3, -0.25) is 14.9 Å². The lowest BCUT2D eigenvalue weighted by Gasteiger charge is -2.11. The summed E-state index contributed by atoms with van der Waals surface area (Å²) in [5, 5.41) is 13.2. The molecule has 0 aliphatic rings. The number of anilines is 1. The van der Waals surface area contributed by atoms with Gasteiger partial charge < -0.3 is 10.1 Å². The van der Waals surface area contributed by atoms with Gasteiger partial charge in [-0.05, 0) is 31.0 Å². The van der Waals surface area contributed by atoms with Crippen molar-refractivity contribution in [2.75, 3.05) is 11.9 Å². The number of rotatable bonds is 5. The molecule has 0 heterocycles. The smallest absolute Gasteiger partial charge is 0.293 e. The third-order valence-corrected chi connectivity index (χ3v) is 3.50. The summed E-state index contributed by atoms with van der Waals surface area (Å²) in [6.45, 7) is 2.27. The third-order valence-electron chi connectivity index (χ3n) is 3.50. The molecule has 0 bridgehead atoms. The van der Waals surface area contributed by atoms with Crippen molar-refractivity contribution in [3.05, 3.63) is 62.7 Å². The highest BCUT2D eigenvalue weighted by molar-refractivity contribution is 5.94. The SMILES string of the molecule is Cc1cc(NC(=O)COc2c(F)c(F)cc(F)c2F)c([N+](=O)[O-])cc1C. The molecule has 0 fully saturated rings. The minimum atomic E-state index is -1.80. The van der Waals surface area contributed by atoms with Crippen molar-refractivity contribution in [1.82, 2.24) is 0 Å². The van der Waals surface area contributed by atoms with Gasteiger partial charge in [-0.15, -0.1) is 0 Å². The molecule has 1 amide bonds. The summed E-state index contributed by atoms with van der Waals surface area (Å²) in [7, 11) is 0. The normalized spacial score (nSPS) is 10.5. The highest BCUT2D eigenvalue weighted by Gasteiger charge is 2.22. The van der Waals surface area contributed by atoms with Crippen LogP contribution in [0.2, 0.25) is 0 Å². The Balaban J connectivity index is 2.19. The van der Waals surface area contributed by atoms with Crippen molar-refractivity contribution >= 4 is 17.3 Å². The van der Waals surface area contributed by atoms with Crippen molar-refractivity contribution in [2.24, 2.45) is 0 Å². The van der Waals surface area contributed by atoms with Gasteiger partial charge in [0.1, 0.15) is 5.69 Å². The Morgan fingerprint density at radius 3 is 2.15 bits per heavy atom. The number of halogens is 4. The van der Waals surface area contributed by atoms with Gasteiger partial charge in [0.05, 0.1) is 4.92 Å². The molecule has 1 N–H and O–H groups in total. The maximum Gasteiger partial charge on any atom is 0.293 e. The van der Waals surface area contributed by atoms with Gasteiger partial charge in [-0.1, -0.05) is 0 Å². The number of nitrogens with one attached hydrogen (secondary N) is 1. The summed E-state index contributed by atoms with van der Waals surface area (Å²) in [5.41, 5.74) is 0.718. The number of amides is 1. The van der Waals surface area contributed by atoms with Gasteiger partial charge in [0.2, 0.25) is 11.6 Å². The number of nitro groups is 1. The highest BCUT2D eigenvalue weighted by atomic mass is 19.2. The topological polar surface area (TPSA) is 81.5 Å². The van der Waals surface area contributed by atoms with Gasteiger partial charge in [0, 0.05) is 12.1 Å². The summed E-state index contributed by atoms with van der Waals surface area (Å²) >= 11 is 0. The van der Waals surface area contributed by atoms with Crippen LogP contribution in [0.4, 0.5) is 28.9 Å². The molecule has 0 aliphatic heterocycles. The van der Waals surface area contributed by atoms with Crippen LogP contribution < -0.4 is 10.1 Å². The molecule has 0 atom stereocenters. The van der Waals surface area contributed by atoms with Gasteiger partial charge in [0.25, 0.3) is 11.6 Å². The van der Waals surface area contributed by atoms with E-state index in [4.69, 9.17) is 0 Å². The van der Waals surface area contributed by atoms with E-state index >= 15 is 0 Å². The molecule has 0 saturated heterocycles. The van der Waals surface area contributed by atoms with E-state index < -0.39 is 52.1 Å². The van der Waals surface area contributed by atoms with E-state index in [0.717, 1.165) is 0 Å². The summed E-state index contributed by atoms with van der Waals surface area (Å²) in [6.07, 6.45) is 0. The molecule has 0 aromatic heterocycles. The summed E-state index contributed by atoms with van der Waals surface area (Å²) in [6, 6.07) is 2.58. The summed E-state index contributed by atoms with van der Waals surface area (Å²) in [5.74, 6) is -9.39. The number of nitro benzene ring substituents is 1. The van der Waals surface area contributed by atoms with Crippen LogP contribution in [0.3, 0.4) is 0 Å². The average Bonchev–Trinajstić information content (AvgIpc) is 2.56. The molecule has 2 aromatic rings. The van der Waals surface area contributed by atoms with Crippen LogP contribution in [0.15, 0.2) is 18.2 Å². The summed E-state index contributed by atoms with van der Waals surface area (Å²) in [4.78, 5) is 22.2. The maximum atomic E-state index is 13.5. The van der Waals surface area contributed by atoms with Crippen LogP contribution in [-0.2, 0) is 4.79 Å². The van der Waals surface area contributed by atoms with E-state index in [9.17, 15) is 32.5 Å². The number of carbonyl (C=O) groups is 1. The van der Waals surface area contributed by atoms with Crippen molar-refractivity contribution in [3.8, 4) is 5.75 Å². The standard InChI is InChI=1S/C16H12F4N2O4/c1-7-3-11(12(22(24)25)4-8(7)2)21-13(23)6-26-16-14(19)9(17)5-10(18)15(16)20/h3-5H,6H2,1-2H3,(H,21,23). The van der Waals surface area contributed by atoms with Crippen molar-refractivity contribution in [2.45, 2.75) is 13.8 Å². The van der Waals surface area contributed by atoms with Gasteiger partial charge in [0.15, 0.2) is 24.0 Å². The van der Waals surface area contributed by atoms with E-state index in [0.29, 0.717) is 11.1 Å². The molecule has 0 aliphatic carbocycles. The number of ether oxygens (including phenoxy) is 1. The maximum absolute atomic E-state index is 13.5. The first kappa shape index (κ1) is 19.2. The monoisotopic (exact) mass is 372 g/mol. The van der Waals surface area contributed by atoms with Crippen LogP contribution in [0.5, 0.6) is 5.75 Å². The lowest BCUT2D eigenvalue weighted by molar-refractivity contribution is -0.384. The quantitative estimate of drug-likeness (QED) is 0.375. The molecule has 26 heavy (non-hydrogen) atoms. The number of hydrogen-bond donors (Lipinski definition) is 1. The van der Waals surface area contributed by atoms with Gasteiger partial charge in [-0.25, -0.2) is 8.78 Å². The van der Waals surface area contributed by atoms with E-state index in [1.165, 1.54) is 12.1 Å². The largest absolute Gasteiger partial charge is 0.477 e. The third kappa shape index (κ3) is 3.90.